The van der Waals surface area contributed by atoms with Gasteiger partial charge in [-0.3, -0.25) is 19.5 Å². The van der Waals surface area contributed by atoms with Gasteiger partial charge < -0.3 is 9.80 Å². The van der Waals surface area contributed by atoms with Crippen molar-refractivity contribution in [2.45, 2.75) is 39.3 Å². The van der Waals surface area contributed by atoms with Crippen LogP contribution in [0.4, 0.5) is 10.1 Å². The lowest BCUT2D eigenvalue weighted by Gasteiger charge is -2.29. The summed E-state index contributed by atoms with van der Waals surface area (Å²) in [5.74, 6) is -0.915. The number of rotatable bonds is 5. The number of anilines is 1. The predicted octanol–water partition coefficient (Wildman–Crippen LogP) is 5.67. The fourth-order valence-electron chi connectivity index (χ4n) is 5.07. The van der Waals surface area contributed by atoms with Gasteiger partial charge in [-0.15, -0.1) is 11.3 Å². The molecule has 0 fully saturated rings. The number of thiazole rings is 1. The second-order valence-electron chi connectivity index (χ2n) is 10.4. The molecular formula is C32H34FN5O2S. The highest BCUT2D eigenvalue weighted by Crippen LogP contribution is 2.27. The van der Waals surface area contributed by atoms with Crippen molar-refractivity contribution in [3.8, 4) is 0 Å². The molecule has 0 unspecified atom stereocenters. The van der Waals surface area contributed by atoms with Crippen molar-refractivity contribution in [2.75, 3.05) is 31.1 Å². The Labute approximate surface area is 244 Å². The number of pyridine rings is 1. The number of benzene rings is 2. The third kappa shape index (κ3) is 7.04. The molecule has 0 bridgehead atoms. The lowest BCUT2D eigenvalue weighted by molar-refractivity contribution is 0.0706. The van der Waals surface area contributed by atoms with E-state index in [0.29, 0.717) is 55.1 Å². The lowest BCUT2D eigenvalue weighted by Crippen LogP contribution is -2.41. The van der Waals surface area contributed by atoms with E-state index in [4.69, 9.17) is 0 Å². The third-order valence-corrected chi connectivity index (χ3v) is 8.15. The standard InChI is InChI=1S/C32H34FN5O2S/c1-23(2)36-15-8-16-38(32(40)27-11-6-7-14-34-27)29-20-26(33)13-12-25(29)21-37(18-17-36)31(39)28-22-41-30(35-28)19-24-9-4-3-5-10-24/h3-7,9-14,20,22-23H,8,15-19,21H2,1-2H3. The summed E-state index contributed by atoms with van der Waals surface area (Å²) in [7, 11) is 0. The van der Waals surface area contributed by atoms with Crippen molar-refractivity contribution in [1.82, 2.24) is 19.8 Å². The molecule has 0 saturated carbocycles. The van der Waals surface area contributed by atoms with E-state index in [1.165, 1.54) is 23.5 Å². The molecule has 212 valence electrons. The van der Waals surface area contributed by atoms with E-state index in [9.17, 15) is 14.0 Å². The molecule has 1 aliphatic rings. The number of amides is 2. The van der Waals surface area contributed by atoms with E-state index in [1.807, 2.05) is 35.7 Å². The van der Waals surface area contributed by atoms with Gasteiger partial charge in [-0.2, -0.15) is 0 Å². The monoisotopic (exact) mass is 571 g/mol. The van der Waals surface area contributed by atoms with Crippen LogP contribution in [-0.2, 0) is 13.0 Å². The number of fused-ring (bicyclic) bond motifs is 1. The summed E-state index contributed by atoms with van der Waals surface area (Å²) in [6.45, 7) is 6.76. The van der Waals surface area contributed by atoms with Gasteiger partial charge in [0, 0.05) is 56.8 Å². The Morgan fingerprint density at radius 1 is 0.927 bits per heavy atom. The van der Waals surface area contributed by atoms with Crippen molar-refractivity contribution in [3.05, 3.63) is 112 Å². The van der Waals surface area contributed by atoms with Gasteiger partial charge in [-0.1, -0.05) is 42.5 Å². The summed E-state index contributed by atoms with van der Waals surface area (Å²) in [5, 5.41) is 2.69. The molecule has 1 aliphatic heterocycles. The Morgan fingerprint density at radius 2 is 1.73 bits per heavy atom. The zero-order chi connectivity index (χ0) is 28.8. The van der Waals surface area contributed by atoms with Crippen molar-refractivity contribution in [2.24, 2.45) is 0 Å². The smallest absolute Gasteiger partial charge is 0.276 e. The maximum Gasteiger partial charge on any atom is 0.276 e. The largest absolute Gasteiger partial charge is 0.332 e. The minimum absolute atomic E-state index is 0.179. The number of carbonyl (C=O) groups is 2. The molecule has 9 heteroatoms. The maximum absolute atomic E-state index is 14.6. The van der Waals surface area contributed by atoms with Crippen LogP contribution in [0.25, 0.3) is 0 Å². The summed E-state index contributed by atoms with van der Waals surface area (Å²) in [6.07, 6.45) is 2.93. The normalized spacial score (nSPS) is 14.9. The molecule has 2 amide bonds. The van der Waals surface area contributed by atoms with Gasteiger partial charge in [0.2, 0.25) is 0 Å². The number of aromatic nitrogens is 2. The van der Waals surface area contributed by atoms with Crippen molar-refractivity contribution >= 4 is 28.8 Å². The number of nitrogens with zero attached hydrogens (tertiary/aromatic N) is 5. The summed E-state index contributed by atoms with van der Waals surface area (Å²) >= 11 is 1.47. The molecule has 2 aromatic heterocycles. The molecule has 41 heavy (non-hydrogen) atoms. The highest BCUT2D eigenvalue weighted by Gasteiger charge is 2.27. The molecule has 0 aliphatic carbocycles. The highest BCUT2D eigenvalue weighted by atomic mass is 32.1. The Kier molecular flexibility index (Phi) is 9.16. The fourth-order valence-corrected chi connectivity index (χ4v) is 5.87. The van der Waals surface area contributed by atoms with Crippen LogP contribution in [0.5, 0.6) is 0 Å². The Balaban J connectivity index is 1.48. The second-order valence-corrected chi connectivity index (χ2v) is 11.4. The van der Waals surface area contributed by atoms with Crippen LogP contribution < -0.4 is 4.90 Å². The first-order valence-corrected chi connectivity index (χ1v) is 14.8. The second kappa shape index (κ2) is 13.1. The van der Waals surface area contributed by atoms with Gasteiger partial charge in [0.1, 0.15) is 17.2 Å². The van der Waals surface area contributed by atoms with E-state index in [2.05, 4.69) is 28.7 Å². The summed E-state index contributed by atoms with van der Waals surface area (Å²) in [6, 6.07) is 19.9. The molecule has 3 heterocycles. The molecule has 2 aromatic carbocycles. The minimum atomic E-state index is -0.441. The molecule has 7 nitrogen and oxygen atoms in total. The van der Waals surface area contributed by atoms with Gasteiger partial charge in [0.05, 0.1) is 10.7 Å². The number of hydrogen-bond donors (Lipinski definition) is 0. The SMILES string of the molecule is CC(C)N1CCCN(C(=O)c2ccccn2)c2cc(F)ccc2CN(C(=O)c2csc(Cc3ccccc3)n2)CC1. The highest BCUT2D eigenvalue weighted by molar-refractivity contribution is 7.09. The average molecular weight is 572 g/mol. The fraction of sp³-hybridized carbons (Fsp3) is 0.312. The number of carbonyl (C=O) groups excluding carboxylic acids is 2. The molecule has 0 N–H and O–H groups in total. The first-order chi connectivity index (χ1) is 19.9. The Hall–Kier alpha value is -3.95. The van der Waals surface area contributed by atoms with Crippen molar-refractivity contribution in [3.63, 3.8) is 0 Å². The predicted molar refractivity (Wildman–Crippen MR) is 160 cm³/mol. The third-order valence-electron chi connectivity index (χ3n) is 7.30. The molecule has 0 atom stereocenters. The van der Waals surface area contributed by atoms with E-state index >= 15 is 0 Å². The lowest BCUT2D eigenvalue weighted by atomic mass is 10.1. The Bertz CT molecular complexity index is 1480. The summed E-state index contributed by atoms with van der Waals surface area (Å²) in [4.78, 5) is 42.2. The topological polar surface area (TPSA) is 69.6 Å². The van der Waals surface area contributed by atoms with Crippen LogP contribution in [0.2, 0.25) is 0 Å². The quantitative estimate of drug-likeness (QED) is 0.309. The Morgan fingerprint density at radius 3 is 2.49 bits per heavy atom. The minimum Gasteiger partial charge on any atom is -0.332 e. The molecule has 5 rings (SSSR count). The van der Waals surface area contributed by atoms with Crippen LogP contribution in [0.3, 0.4) is 0 Å². The van der Waals surface area contributed by atoms with Gasteiger partial charge >= 0.3 is 0 Å². The van der Waals surface area contributed by atoms with Crippen LogP contribution >= 0.6 is 11.3 Å². The van der Waals surface area contributed by atoms with Crippen molar-refractivity contribution in [1.29, 1.82) is 0 Å². The van der Waals surface area contributed by atoms with Crippen LogP contribution in [0.15, 0.2) is 78.3 Å². The average Bonchev–Trinajstić information content (AvgIpc) is 3.44. The van der Waals surface area contributed by atoms with Gasteiger partial charge in [-0.05, 0) is 55.7 Å². The van der Waals surface area contributed by atoms with E-state index < -0.39 is 5.82 Å². The van der Waals surface area contributed by atoms with Gasteiger partial charge in [0.25, 0.3) is 11.8 Å². The maximum atomic E-state index is 14.6. The zero-order valence-corrected chi connectivity index (χ0v) is 24.2. The van der Waals surface area contributed by atoms with E-state index in [1.54, 1.807) is 40.3 Å². The molecule has 4 aromatic rings. The molecule has 0 spiro atoms. The van der Waals surface area contributed by atoms with Gasteiger partial charge in [-0.25, -0.2) is 9.37 Å². The zero-order valence-electron chi connectivity index (χ0n) is 23.4. The van der Waals surface area contributed by atoms with Crippen LogP contribution in [0.1, 0.15) is 57.4 Å². The van der Waals surface area contributed by atoms with Crippen LogP contribution in [0, 0.1) is 5.82 Å². The first-order valence-electron chi connectivity index (χ1n) is 13.9. The summed E-state index contributed by atoms with van der Waals surface area (Å²) < 4.78 is 14.6. The molecule has 0 radical (unpaired) electrons. The van der Waals surface area contributed by atoms with Crippen molar-refractivity contribution < 1.29 is 14.0 Å². The van der Waals surface area contributed by atoms with E-state index in [-0.39, 0.29) is 24.4 Å². The first kappa shape index (κ1) is 28.6. The van der Waals surface area contributed by atoms with E-state index in [0.717, 1.165) is 17.1 Å². The molecule has 0 saturated heterocycles. The number of halogens is 1. The molecular weight excluding hydrogens is 537 g/mol. The van der Waals surface area contributed by atoms with Gasteiger partial charge in [0.15, 0.2) is 0 Å². The summed E-state index contributed by atoms with van der Waals surface area (Å²) in [5.41, 5.74) is 2.98. The number of hydrogen-bond acceptors (Lipinski definition) is 6. The van der Waals surface area contributed by atoms with Crippen LogP contribution in [-0.4, -0.2) is 63.8 Å².